The lowest BCUT2D eigenvalue weighted by Crippen LogP contribution is -2.39. The molecule has 2 fully saturated rings. The minimum absolute atomic E-state index is 0.143. The molecule has 2 heterocycles. The average molecular weight is 467 g/mol. The van der Waals surface area contributed by atoms with Crippen LogP contribution in [0.1, 0.15) is 65.8 Å². The first kappa shape index (κ1) is 21.8. The molecule has 3 aromatic carbocycles. The first-order valence-electron chi connectivity index (χ1n) is 12.6. The van der Waals surface area contributed by atoms with Gasteiger partial charge in [-0.15, -0.1) is 0 Å². The van der Waals surface area contributed by atoms with Crippen molar-refractivity contribution in [3.05, 3.63) is 77.6 Å². The predicted molar refractivity (Wildman–Crippen MR) is 137 cm³/mol. The first-order chi connectivity index (χ1) is 17.1. The Labute approximate surface area is 204 Å². The van der Waals surface area contributed by atoms with Crippen molar-refractivity contribution in [2.75, 3.05) is 13.1 Å². The third-order valence-corrected chi connectivity index (χ3v) is 7.62. The topological polar surface area (TPSA) is 81.2 Å². The van der Waals surface area contributed by atoms with Crippen LogP contribution in [0.3, 0.4) is 0 Å². The first-order valence-corrected chi connectivity index (χ1v) is 12.6. The SMILES string of the molecule is NC(=O)c1c(CCC(=O)N2CCC(n3c(C4CC4)nc4ccccc43)CC2)ccc2ccccc12. The van der Waals surface area contributed by atoms with E-state index in [0.717, 1.165) is 47.8 Å². The predicted octanol–water partition coefficient (Wildman–Crippen LogP) is 4.96. The maximum absolute atomic E-state index is 13.1. The second-order valence-electron chi connectivity index (χ2n) is 9.90. The number of carbonyl (C=O) groups excluding carboxylic acids is 2. The van der Waals surface area contributed by atoms with Crippen molar-refractivity contribution in [3.63, 3.8) is 0 Å². The van der Waals surface area contributed by atoms with Crippen LogP contribution in [0.5, 0.6) is 0 Å². The number of nitrogens with zero attached hydrogens (tertiary/aromatic N) is 3. The Balaban J connectivity index is 1.14. The molecule has 0 spiro atoms. The van der Waals surface area contributed by atoms with E-state index in [4.69, 9.17) is 10.7 Å². The number of para-hydroxylation sites is 2. The fourth-order valence-electron chi connectivity index (χ4n) is 5.67. The Morgan fingerprint density at radius 3 is 2.43 bits per heavy atom. The zero-order valence-electron chi connectivity index (χ0n) is 19.8. The van der Waals surface area contributed by atoms with Crippen molar-refractivity contribution in [1.29, 1.82) is 0 Å². The summed E-state index contributed by atoms with van der Waals surface area (Å²) in [5.74, 6) is 1.52. The van der Waals surface area contributed by atoms with Gasteiger partial charge in [0.05, 0.1) is 16.6 Å². The quantitative estimate of drug-likeness (QED) is 0.436. The molecule has 0 unspecified atom stereocenters. The molecule has 6 rings (SSSR count). The monoisotopic (exact) mass is 466 g/mol. The average Bonchev–Trinajstić information content (AvgIpc) is 3.66. The van der Waals surface area contributed by atoms with Gasteiger partial charge >= 0.3 is 0 Å². The number of likely N-dealkylation sites (tertiary alicyclic amines) is 1. The van der Waals surface area contributed by atoms with Crippen LogP contribution >= 0.6 is 0 Å². The molecule has 2 amide bonds. The molecule has 0 radical (unpaired) electrons. The highest BCUT2D eigenvalue weighted by molar-refractivity contribution is 6.07. The van der Waals surface area contributed by atoms with E-state index < -0.39 is 5.91 Å². The number of hydrogen-bond acceptors (Lipinski definition) is 3. The molecular formula is C29H30N4O2. The van der Waals surface area contributed by atoms with E-state index in [-0.39, 0.29) is 5.91 Å². The molecule has 2 N–H and O–H groups in total. The van der Waals surface area contributed by atoms with Gasteiger partial charge in [0.25, 0.3) is 0 Å². The van der Waals surface area contributed by atoms with E-state index in [1.807, 2.05) is 41.3 Å². The van der Waals surface area contributed by atoms with E-state index >= 15 is 0 Å². The van der Waals surface area contributed by atoms with Gasteiger partial charge in [-0.25, -0.2) is 4.98 Å². The number of aromatic nitrogens is 2. The zero-order chi connectivity index (χ0) is 23.9. The van der Waals surface area contributed by atoms with E-state index in [9.17, 15) is 9.59 Å². The van der Waals surface area contributed by atoms with Gasteiger partial charge in [-0.3, -0.25) is 9.59 Å². The van der Waals surface area contributed by atoms with Crippen LogP contribution in [-0.4, -0.2) is 39.4 Å². The Kier molecular flexibility index (Phi) is 5.51. The summed E-state index contributed by atoms with van der Waals surface area (Å²) in [6.45, 7) is 1.50. The van der Waals surface area contributed by atoms with Gasteiger partial charge < -0.3 is 15.2 Å². The zero-order valence-corrected chi connectivity index (χ0v) is 19.8. The molecular weight excluding hydrogens is 436 g/mol. The molecule has 1 aliphatic heterocycles. The van der Waals surface area contributed by atoms with Crippen molar-refractivity contribution in [2.45, 2.75) is 50.5 Å². The number of benzene rings is 3. The molecule has 6 heteroatoms. The summed E-state index contributed by atoms with van der Waals surface area (Å²) in [6, 6.07) is 20.5. The number of imidazole rings is 1. The van der Waals surface area contributed by atoms with Gasteiger partial charge in [0, 0.05) is 31.5 Å². The van der Waals surface area contributed by atoms with Gasteiger partial charge in [0.1, 0.15) is 5.82 Å². The molecule has 0 atom stereocenters. The van der Waals surface area contributed by atoms with Crippen molar-refractivity contribution >= 4 is 33.6 Å². The summed E-state index contributed by atoms with van der Waals surface area (Å²) >= 11 is 0. The summed E-state index contributed by atoms with van der Waals surface area (Å²) in [7, 11) is 0. The molecule has 178 valence electrons. The van der Waals surface area contributed by atoms with Crippen molar-refractivity contribution in [3.8, 4) is 0 Å². The minimum atomic E-state index is -0.441. The molecule has 1 saturated carbocycles. The smallest absolute Gasteiger partial charge is 0.249 e. The molecule has 1 saturated heterocycles. The van der Waals surface area contributed by atoms with Crippen LogP contribution < -0.4 is 5.73 Å². The highest BCUT2D eigenvalue weighted by atomic mass is 16.2. The number of carbonyl (C=O) groups is 2. The molecule has 35 heavy (non-hydrogen) atoms. The number of hydrogen-bond donors (Lipinski definition) is 1. The van der Waals surface area contributed by atoms with E-state index in [2.05, 4.69) is 28.8 Å². The van der Waals surface area contributed by atoms with Crippen molar-refractivity contribution < 1.29 is 9.59 Å². The molecule has 6 nitrogen and oxygen atoms in total. The fraction of sp³-hybridized carbons (Fsp3) is 0.345. The Morgan fingerprint density at radius 2 is 1.66 bits per heavy atom. The normalized spacial score (nSPS) is 16.7. The van der Waals surface area contributed by atoms with Crippen LogP contribution in [0.4, 0.5) is 0 Å². The second kappa shape index (κ2) is 8.84. The van der Waals surface area contributed by atoms with Crippen molar-refractivity contribution in [1.82, 2.24) is 14.5 Å². The highest BCUT2D eigenvalue weighted by Gasteiger charge is 2.33. The Hall–Kier alpha value is -3.67. The lowest BCUT2D eigenvalue weighted by molar-refractivity contribution is -0.132. The van der Waals surface area contributed by atoms with Crippen molar-refractivity contribution in [2.24, 2.45) is 5.73 Å². The Morgan fingerprint density at radius 1 is 0.914 bits per heavy atom. The van der Waals surface area contributed by atoms with Gasteiger partial charge in [-0.2, -0.15) is 0 Å². The standard InChI is InChI=1S/C29H30N4O2/c30-28(35)27-20(10-9-19-5-1-2-6-23(19)27)13-14-26(34)32-17-15-22(16-18-32)33-25-8-4-3-7-24(25)31-29(33)21-11-12-21/h1-10,21-22H,11-18H2,(H2,30,35). The summed E-state index contributed by atoms with van der Waals surface area (Å²) in [5.41, 5.74) is 9.40. The molecule has 2 aliphatic rings. The summed E-state index contributed by atoms with van der Waals surface area (Å²) < 4.78 is 2.46. The number of nitrogens with two attached hydrogens (primary N) is 1. The second-order valence-corrected chi connectivity index (χ2v) is 9.90. The number of amides is 2. The lowest BCUT2D eigenvalue weighted by Gasteiger charge is -2.34. The van der Waals surface area contributed by atoms with Gasteiger partial charge in [-0.05, 0) is 60.6 Å². The minimum Gasteiger partial charge on any atom is -0.366 e. The number of rotatable bonds is 6. The number of fused-ring (bicyclic) bond motifs is 2. The summed E-state index contributed by atoms with van der Waals surface area (Å²) in [4.78, 5) is 32.3. The van der Waals surface area contributed by atoms with E-state index in [1.54, 1.807) is 0 Å². The third kappa shape index (κ3) is 4.07. The number of primary amides is 1. The van der Waals surface area contributed by atoms with E-state index in [1.165, 1.54) is 24.2 Å². The molecule has 4 aromatic rings. The highest BCUT2D eigenvalue weighted by Crippen LogP contribution is 2.43. The number of aryl methyl sites for hydroxylation is 1. The lowest BCUT2D eigenvalue weighted by atomic mass is 9.95. The molecule has 1 aromatic heterocycles. The fourth-order valence-corrected chi connectivity index (χ4v) is 5.67. The third-order valence-electron chi connectivity index (χ3n) is 7.62. The maximum atomic E-state index is 13.1. The van der Waals surface area contributed by atoms with Gasteiger partial charge in [-0.1, -0.05) is 48.5 Å². The van der Waals surface area contributed by atoms with Gasteiger partial charge in [0.15, 0.2) is 0 Å². The van der Waals surface area contributed by atoms with Gasteiger partial charge in [0.2, 0.25) is 11.8 Å². The molecule has 0 bridgehead atoms. The Bertz CT molecular complexity index is 1430. The molecule has 1 aliphatic carbocycles. The van der Waals surface area contributed by atoms with Crippen LogP contribution in [0.25, 0.3) is 21.8 Å². The maximum Gasteiger partial charge on any atom is 0.249 e. The van der Waals surface area contributed by atoms with Crippen LogP contribution in [0, 0.1) is 0 Å². The summed E-state index contributed by atoms with van der Waals surface area (Å²) in [6.07, 6.45) is 5.22. The summed E-state index contributed by atoms with van der Waals surface area (Å²) in [5, 5.41) is 1.83. The van der Waals surface area contributed by atoms with Crippen LogP contribution in [0.2, 0.25) is 0 Å². The van der Waals surface area contributed by atoms with Crippen LogP contribution in [-0.2, 0) is 11.2 Å². The number of piperidine rings is 1. The van der Waals surface area contributed by atoms with E-state index in [0.29, 0.717) is 30.4 Å². The van der Waals surface area contributed by atoms with Crippen LogP contribution in [0.15, 0.2) is 60.7 Å². The largest absolute Gasteiger partial charge is 0.366 e.